The van der Waals surface area contributed by atoms with Crippen LogP contribution in [-0.4, -0.2) is 26.9 Å². The van der Waals surface area contributed by atoms with Gasteiger partial charge in [0, 0.05) is 23.8 Å². The largest absolute Gasteiger partial charge is 0.322 e. The van der Waals surface area contributed by atoms with Gasteiger partial charge in [0.1, 0.15) is 0 Å². The van der Waals surface area contributed by atoms with E-state index in [2.05, 4.69) is 15.4 Å². The van der Waals surface area contributed by atoms with Gasteiger partial charge in [-0.05, 0) is 56.3 Å². The summed E-state index contributed by atoms with van der Waals surface area (Å²) in [6.07, 6.45) is 0. The van der Waals surface area contributed by atoms with Crippen LogP contribution in [0.4, 0.5) is 5.69 Å². The fourth-order valence-corrected chi connectivity index (χ4v) is 3.71. The molecule has 7 heteroatoms. The highest BCUT2D eigenvalue weighted by atomic mass is 32.2. The normalized spacial score (nSPS) is 11.5. The number of sulfonamides is 1. The molecule has 6 nitrogen and oxygen atoms in total. The maximum atomic E-state index is 12.5. The summed E-state index contributed by atoms with van der Waals surface area (Å²) in [6, 6.07) is 13.3. The zero-order chi connectivity index (χ0) is 19.2. The number of hydrogen-bond acceptors (Lipinski definition) is 4. The average Bonchev–Trinajstić information content (AvgIpc) is 2.59. The van der Waals surface area contributed by atoms with Crippen LogP contribution in [0.25, 0.3) is 0 Å². The van der Waals surface area contributed by atoms with Crippen molar-refractivity contribution in [2.45, 2.75) is 38.3 Å². The molecule has 0 unspecified atom stereocenters. The number of carbonyl (C=O) groups excluding carboxylic acids is 1. The SMILES string of the molecule is CCNCc1cccc(NC(=O)c2cccc(S(=O)(=O)NC(C)C)c2)c1. The highest BCUT2D eigenvalue weighted by Crippen LogP contribution is 2.15. The fourth-order valence-electron chi connectivity index (χ4n) is 2.41. The predicted octanol–water partition coefficient (Wildman–Crippen LogP) is 2.74. The molecule has 0 fully saturated rings. The lowest BCUT2D eigenvalue weighted by Gasteiger charge is -2.11. The van der Waals surface area contributed by atoms with Crippen molar-refractivity contribution >= 4 is 21.6 Å². The molecule has 2 aromatic rings. The van der Waals surface area contributed by atoms with Crippen LogP contribution in [0, 0.1) is 0 Å². The molecule has 0 aliphatic rings. The zero-order valence-corrected chi connectivity index (χ0v) is 16.1. The molecule has 2 aromatic carbocycles. The van der Waals surface area contributed by atoms with E-state index in [9.17, 15) is 13.2 Å². The van der Waals surface area contributed by atoms with Gasteiger partial charge in [-0.15, -0.1) is 0 Å². The van der Waals surface area contributed by atoms with Gasteiger partial charge >= 0.3 is 0 Å². The standard InChI is InChI=1S/C19H25N3O3S/c1-4-20-13-15-7-5-9-17(11-15)21-19(23)16-8-6-10-18(12-16)26(24,25)22-14(2)3/h5-12,14,20,22H,4,13H2,1-3H3,(H,21,23). The number of carbonyl (C=O) groups is 1. The monoisotopic (exact) mass is 375 g/mol. The summed E-state index contributed by atoms with van der Waals surface area (Å²) in [5, 5.41) is 6.04. The number of anilines is 1. The van der Waals surface area contributed by atoms with Gasteiger partial charge in [-0.2, -0.15) is 0 Å². The van der Waals surface area contributed by atoms with Gasteiger partial charge in [0.05, 0.1) is 4.90 Å². The highest BCUT2D eigenvalue weighted by molar-refractivity contribution is 7.89. The summed E-state index contributed by atoms with van der Waals surface area (Å²) in [5.41, 5.74) is 2.01. The first-order valence-electron chi connectivity index (χ1n) is 8.55. The minimum absolute atomic E-state index is 0.0692. The molecule has 0 bridgehead atoms. The number of benzene rings is 2. The van der Waals surface area contributed by atoms with E-state index < -0.39 is 10.0 Å². The number of nitrogens with one attached hydrogen (secondary N) is 3. The van der Waals surface area contributed by atoms with Crippen molar-refractivity contribution in [1.82, 2.24) is 10.0 Å². The first kappa shape index (κ1) is 20.1. The summed E-state index contributed by atoms with van der Waals surface area (Å²) in [7, 11) is -3.64. The van der Waals surface area contributed by atoms with Crippen LogP contribution in [0.5, 0.6) is 0 Å². The zero-order valence-electron chi connectivity index (χ0n) is 15.2. The van der Waals surface area contributed by atoms with Gasteiger partial charge in [0.25, 0.3) is 5.91 Å². The highest BCUT2D eigenvalue weighted by Gasteiger charge is 2.17. The smallest absolute Gasteiger partial charge is 0.255 e. The Morgan fingerprint density at radius 3 is 2.50 bits per heavy atom. The molecule has 0 radical (unpaired) electrons. The molecule has 2 rings (SSSR count). The molecular weight excluding hydrogens is 350 g/mol. The molecule has 3 N–H and O–H groups in total. The van der Waals surface area contributed by atoms with Crippen LogP contribution in [0.15, 0.2) is 53.4 Å². The maximum Gasteiger partial charge on any atom is 0.255 e. The van der Waals surface area contributed by atoms with Crippen LogP contribution in [0.3, 0.4) is 0 Å². The van der Waals surface area contributed by atoms with Crippen LogP contribution >= 0.6 is 0 Å². The van der Waals surface area contributed by atoms with Crippen molar-refractivity contribution in [2.24, 2.45) is 0 Å². The molecule has 0 saturated heterocycles. The summed E-state index contributed by atoms with van der Waals surface area (Å²) < 4.78 is 27.1. The van der Waals surface area contributed by atoms with E-state index in [-0.39, 0.29) is 22.4 Å². The van der Waals surface area contributed by atoms with Crippen molar-refractivity contribution in [3.63, 3.8) is 0 Å². The van der Waals surface area contributed by atoms with Gasteiger partial charge < -0.3 is 10.6 Å². The summed E-state index contributed by atoms with van der Waals surface area (Å²) in [6.45, 7) is 7.10. The molecule has 0 aliphatic heterocycles. The van der Waals surface area contributed by atoms with Crippen molar-refractivity contribution in [2.75, 3.05) is 11.9 Å². The molecule has 0 spiro atoms. The second-order valence-corrected chi connectivity index (χ2v) is 7.95. The van der Waals surface area contributed by atoms with Gasteiger partial charge in [-0.3, -0.25) is 4.79 Å². The van der Waals surface area contributed by atoms with E-state index in [1.807, 2.05) is 25.1 Å². The molecule has 0 heterocycles. The molecule has 0 aliphatic carbocycles. The Labute approximate surface area is 155 Å². The van der Waals surface area contributed by atoms with Crippen molar-refractivity contribution in [1.29, 1.82) is 0 Å². The Bertz CT molecular complexity index is 864. The molecule has 26 heavy (non-hydrogen) atoms. The Kier molecular flexibility index (Phi) is 6.90. The molecule has 0 aromatic heterocycles. The van der Waals surface area contributed by atoms with Gasteiger partial charge in [-0.1, -0.05) is 25.1 Å². The minimum Gasteiger partial charge on any atom is -0.322 e. The summed E-state index contributed by atoms with van der Waals surface area (Å²) >= 11 is 0. The number of amides is 1. The van der Waals surface area contributed by atoms with Crippen molar-refractivity contribution < 1.29 is 13.2 Å². The van der Waals surface area contributed by atoms with Crippen molar-refractivity contribution in [3.05, 3.63) is 59.7 Å². The summed E-state index contributed by atoms with van der Waals surface area (Å²) in [4.78, 5) is 12.6. The van der Waals surface area contributed by atoms with Crippen LogP contribution in [0.1, 0.15) is 36.7 Å². The van der Waals surface area contributed by atoms with E-state index in [1.165, 1.54) is 12.1 Å². The van der Waals surface area contributed by atoms with Crippen LogP contribution in [0.2, 0.25) is 0 Å². The lowest BCUT2D eigenvalue weighted by molar-refractivity contribution is 0.102. The van der Waals surface area contributed by atoms with Gasteiger partial charge in [0.15, 0.2) is 0 Å². The lowest BCUT2D eigenvalue weighted by atomic mass is 10.1. The van der Waals surface area contributed by atoms with E-state index >= 15 is 0 Å². The average molecular weight is 375 g/mol. The molecule has 0 saturated carbocycles. The third kappa shape index (κ3) is 5.66. The second kappa shape index (κ2) is 8.93. The Morgan fingerprint density at radius 2 is 1.81 bits per heavy atom. The summed E-state index contributed by atoms with van der Waals surface area (Å²) in [5.74, 6) is -0.354. The topological polar surface area (TPSA) is 87.3 Å². The van der Waals surface area contributed by atoms with E-state index in [1.54, 1.807) is 32.0 Å². The lowest BCUT2D eigenvalue weighted by Crippen LogP contribution is -2.30. The Morgan fingerprint density at radius 1 is 1.08 bits per heavy atom. The third-order valence-corrected chi connectivity index (χ3v) is 5.22. The van der Waals surface area contributed by atoms with E-state index in [0.29, 0.717) is 5.69 Å². The van der Waals surface area contributed by atoms with Gasteiger partial charge in [0.2, 0.25) is 10.0 Å². The third-order valence-electron chi connectivity index (χ3n) is 3.56. The molecule has 1 amide bonds. The quantitative estimate of drug-likeness (QED) is 0.662. The maximum absolute atomic E-state index is 12.5. The molecular formula is C19H25N3O3S. The van der Waals surface area contributed by atoms with E-state index in [0.717, 1.165) is 18.7 Å². The Balaban J connectivity index is 2.17. The number of rotatable bonds is 8. The Hall–Kier alpha value is -2.22. The van der Waals surface area contributed by atoms with Crippen molar-refractivity contribution in [3.8, 4) is 0 Å². The number of hydrogen-bond donors (Lipinski definition) is 3. The molecule has 140 valence electrons. The first-order valence-corrected chi connectivity index (χ1v) is 10.0. The van der Waals surface area contributed by atoms with E-state index in [4.69, 9.17) is 0 Å². The van der Waals surface area contributed by atoms with Gasteiger partial charge in [-0.25, -0.2) is 13.1 Å². The molecule has 0 atom stereocenters. The predicted molar refractivity (Wildman–Crippen MR) is 104 cm³/mol. The van der Waals surface area contributed by atoms with Crippen LogP contribution < -0.4 is 15.4 Å². The van der Waals surface area contributed by atoms with Crippen LogP contribution in [-0.2, 0) is 16.6 Å². The minimum atomic E-state index is -3.64. The fraction of sp³-hybridized carbons (Fsp3) is 0.316. The second-order valence-electron chi connectivity index (χ2n) is 6.24. The first-order chi connectivity index (χ1) is 12.3.